The van der Waals surface area contributed by atoms with Crippen LogP contribution in [0.3, 0.4) is 0 Å². The zero-order valence-electron chi connectivity index (χ0n) is 14.9. The molecule has 4 rings (SSSR count). The monoisotopic (exact) mass is 537 g/mol. The van der Waals surface area contributed by atoms with E-state index >= 15 is 0 Å². The Morgan fingerprint density at radius 1 is 1.00 bits per heavy atom. The summed E-state index contributed by atoms with van der Waals surface area (Å²) in [5, 5.41) is 19.6. The first-order valence-corrected chi connectivity index (χ1v) is 8.14. The van der Waals surface area contributed by atoms with Crippen LogP contribution in [0.4, 0.5) is 0 Å². The molecule has 1 heterocycles. The minimum atomic E-state index is -0.125. The molecular weight excluding hydrogens is 518 g/mol. The Hall–Kier alpha value is -2.82. The van der Waals surface area contributed by atoms with E-state index in [0.29, 0.717) is 0 Å². The fourth-order valence-electron chi connectivity index (χ4n) is 2.57. The van der Waals surface area contributed by atoms with Crippen LogP contribution in [0.25, 0.3) is 27.5 Å². The summed E-state index contributed by atoms with van der Waals surface area (Å²) in [6.45, 7) is 2.85. The first kappa shape index (κ1) is 20.5. The predicted molar refractivity (Wildman–Crippen MR) is 102 cm³/mol. The number of aromatic nitrogens is 3. The maximum atomic E-state index is 10.0. The van der Waals surface area contributed by atoms with Crippen molar-refractivity contribution in [3.8, 4) is 5.69 Å². The first-order valence-electron chi connectivity index (χ1n) is 8.14. The molecule has 0 saturated heterocycles. The molecule has 0 aliphatic heterocycles. The van der Waals surface area contributed by atoms with Gasteiger partial charge < -0.3 is 5.11 Å². The van der Waals surface area contributed by atoms with Crippen LogP contribution in [-0.4, -0.2) is 25.9 Å². The van der Waals surface area contributed by atoms with E-state index in [9.17, 15) is 4.79 Å². The summed E-state index contributed by atoms with van der Waals surface area (Å²) in [6.07, 6.45) is 1.17. The predicted octanol–water partition coefficient (Wildman–Crippen LogP) is 4.41. The molecule has 0 aliphatic carbocycles. The van der Waals surface area contributed by atoms with Crippen molar-refractivity contribution in [2.24, 2.45) is 0 Å². The number of nitrogens with zero attached hydrogens (tertiary/aromatic N) is 3. The van der Waals surface area contributed by atoms with Crippen molar-refractivity contribution in [2.45, 2.75) is 13.8 Å². The molecule has 0 saturated carbocycles. The third kappa shape index (κ3) is 5.09. The Labute approximate surface area is 170 Å². The molecule has 0 bridgehead atoms. The van der Waals surface area contributed by atoms with Gasteiger partial charge in [0.05, 0.1) is 5.76 Å². The van der Waals surface area contributed by atoms with E-state index in [1.807, 2.05) is 48.5 Å². The summed E-state index contributed by atoms with van der Waals surface area (Å²) in [5.74, 6) is -0.0625. The van der Waals surface area contributed by atoms with E-state index in [0.717, 1.165) is 27.5 Å². The number of carbonyl (C=O) groups excluding carboxylic acids is 1. The minimum absolute atomic E-state index is 0. The zero-order chi connectivity index (χ0) is 18.5. The van der Waals surface area contributed by atoms with Gasteiger partial charge in [0.25, 0.3) is 0 Å². The standard InChI is InChI=1S/C16H10N3.C5H8O2.Ir/c1-2-8-13-12(6-1)7-5-11-16(13)19-17-14-9-3-4-10-15(14)18-19;1-4(6)3-5(2)7;/h1-10H;3,6H,1-2H3;/q-1;;/b;4-3-;. The van der Waals surface area contributed by atoms with Gasteiger partial charge in [-0.05, 0) is 31.7 Å². The molecule has 4 aromatic rings. The van der Waals surface area contributed by atoms with E-state index < -0.39 is 0 Å². The molecule has 139 valence electrons. The topological polar surface area (TPSA) is 68.0 Å². The Morgan fingerprint density at radius 2 is 1.59 bits per heavy atom. The maximum Gasteiger partial charge on any atom is 0.155 e. The SMILES string of the molecule is CC(=O)/C=C(/C)O.[Ir].[c-]1ccc2ccccc2c1-n1nc2ccccc2n1. The van der Waals surface area contributed by atoms with E-state index in [2.05, 4.69) is 28.4 Å². The van der Waals surface area contributed by atoms with Crippen molar-refractivity contribution in [1.82, 2.24) is 15.0 Å². The van der Waals surface area contributed by atoms with Gasteiger partial charge in [-0.2, -0.15) is 33.2 Å². The number of carbonyl (C=O) groups is 1. The Kier molecular flexibility index (Phi) is 6.99. The number of aliphatic hydroxyl groups is 1. The molecule has 0 aliphatic rings. The van der Waals surface area contributed by atoms with Crippen molar-refractivity contribution in [3.63, 3.8) is 0 Å². The Bertz CT molecular complexity index is 1060. The number of allylic oxidation sites excluding steroid dienone is 2. The molecule has 0 unspecified atom stereocenters. The quantitative estimate of drug-likeness (QED) is 0.234. The van der Waals surface area contributed by atoms with Crippen LogP contribution in [0.15, 0.2) is 72.5 Å². The maximum absolute atomic E-state index is 10.0. The molecule has 0 spiro atoms. The van der Waals surface area contributed by atoms with Gasteiger partial charge in [0.1, 0.15) is 11.0 Å². The van der Waals surface area contributed by atoms with Crippen LogP contribution in [-0.2, 0) is 24.9 Å². The second kappa shape index (κ2) is 9.21. The summed E-state index contributed by atoms with van der Waals surface area (Å²) in [5.41, 5.74) is 2.67. The number of aliphatic hydroxyl groups excluding tert-OH is 1. The van der Waals surface area contributed by atoms with Gasteiger partial charge >= 0.3 is 0 Å². The fourth-order valence-corrected chi connectivity index (χ4v) is 2.57. The summed E-state index contributed by atoms with van der Waals surface area (Å²) in [7, 11) is 0. The van der Waals surface area contributed by atoms with Crippen LogP contribution < -0.4 is 0 Å². The van der Waals surface area contributed by atoms with E-state index in [4.69, 9.17) is 5.11 Å². The number of rotatable bonds is 2. The van der Waals surface area contributed by atoms with E-state index in [1.165, 1.54) is 19.9 Å². The smallest absolute Gasteiger partial charge is 0.155 e. The molecule has 1 N–H and O–H groups in total. The van der Waals surface area contributed by atoms with Crippen molar-refractivity contribution in [2.75, 3.05) is 0 Å². The van der Waals surface area contributed by atoms with Crippen molar-refractivity contribution < 1.29 is 30.0 Å². The molecular formula is C21H18IrN3O2-. The van der Waals surface area contributed by atoms with Gasteiger partial charge in [0, 0.05) is 26.2 Å². The first-order chi connectivity index (χ1) is 12.5. The van der Waals surface area contributed by atoms with Crippen molar-refractivity contribution in [3.05, 3.63) is 78.6 Å². The number of benzene rings is 3. The number of hydrogen-bond donors (Lipinski definition) is 1. The van der Waals surface area contributed by atoms with Crippen LogP contribution in [0, 0.1) is 6.07 Å². The van der Waals surface area contributed by atoms with E-state index in [1.54, 1.807) is 4.80 Å². The van der Waals surface area contributed by atoms with Crippen LogP contribution >= 0.6 is 0 Å². The molecule has 1 radical (unpaired) electrons. The Morgan fingerprint density at radius 3 is 2.15 bits per heavy atom. The Balaban J connectivity index is 0.000000285. The van der Waals surface area contributed by atoms with Gasteiger partial charge in [-0.1, -0.05) is 30.3 Å². The summed E-state index contributed by atoms with van der Waals surface area (Å²) >= 11 is 0. The van der Waals surface area contributed by atoms with Crippen LogP contribution in [0.1, 0.15) is 13.8 Å². The van der Waals surface area contributed by atoms with Gasteiger partial charge in [-0.25, -0.2) is 0 Å². The molecule has 0 atom stereocenters. The molecule has 3 aromatic carbocycles. The second-order valence-corrected chi connectivity index (χ2v) is 5.79. The van der Waals surface area contributed by atoms with Gasteiger partial charge in [0.2, 0.25) is 0 Å². The summed E-state index contributed by atoms with van der Waals surface area (Å²) < 4.78 is 0. The van der Waals surface area contributed by atoms with E-state index in [-0.39, 0.29) is 31.6 Å². The normalized spacial score (nSPS) is 10.8. The largest absolute Gasteiger partial charge is 0.512 e. The van der Waals surface area contributed by atoms with Gasteiger partial charge in [-0.15, -0.1) is 16.8 Å². The second-order valence-electron chi connectivity index (χ2n) is 5.79. The van der Waals surface area contributed by atoms with Crippen LogP contribution in [0.5, 0.6) is 0 Å². The molecule has 6 heteroatoms. The fraction of sp³-hybridized carbons (Fsp3) is 0.0952. The summed E-state index contributed by atoms with van der Waals surface area (Å²) in [4.78, 5) is 11.7. The van der Waals surface area contributed by atoms with Gasteiger partial charge in [0.15, 0.2) is 5.78 Å². The van der Waals surface area contributed by atoms with Gasteiger partial charge in [-0.3, -0.25) is 4.79 Å². The molecule has 27 heavy (non-hydrogen) atoms. The minimum Gasteiger partial charge on any atom is -0.512 e. The number of fused-ring (bicyclic) bond motifs is 2. The summed E-state index contributed by atoms with van der Waals surface area (Å²) in [6, 6.07) is 23.2. The average molecular weight is 537 g/mol. The van der Waals surface area contributed by atoms with Crippen molar-refractivity contribution >= 4 is 27.6 Å². The molecule has 0 fully saturated rings. The number of hydrogen-bond acceptors (Lipinski definition) is 4. The molecule has 5 nitrogen and oxygen atoms in total. The zero-order valence-corrected chi connectivity index (χ0v) is 17.3. The molecule has 0 amide bonds. The molecule has 1 aromatic heterocycles. The average Bonchev–Trinajstić information content (AvgIpc) is 3.04. The third-order valence-electron chi connectivity index (χ3n) is 3.60. The number of ketones is 1. The third-order valence-corrected chi connectivity index (χ3v) is 3.60. The van der Waals surface area contributed by atoms with Crippen LogP contribution in [0.2, 0.25) is 0 Å². The van der Waals surface area contributed by atoms with Crippen molar-refractivity contribution in [1.29, 1.82) is 0 Å².